The van der Waals surface area contributed by atoms with Gasteiger partial charge in [-0.15, -0.1) is 0 Å². The number of hydrogen-bond acceptors (Lipinski definition) is 7. The average Bonchev–Trinajstić information content (AvgIpc) is 2.87. The third-order valence-corrected chi connectivity index (χ3v) is 8.72. The summed E-state index contributed by atoms with van der Waals surface area (Å²) in [6.45, 7) is 4.86. The zero-order chi connectivity index (χ0) is 28.8. The summed E-state index contributed by atoms with van der Waals surface area (Å²) in [6, 6.07) is 13.8. The molecule has 210 valence electrons. The number of amides is 1. The molecule has 10 nitrogen and oxygen atoms in total. The van der Waals surface area contributed by atoms with E-state index in [1.165, 1.54) is 37.4 Å². The third-order valence-electron chi connectivity index (χ3n) is 5.27. The van der Waals surface area contributed by atoms with Crippen molar-refractivity contribution in [2.75, 3.05) is 29.9 Å². The van der Waals surface area contributed by atoms with Crippen LogP contribution in [0.1, 0.15) is 20.8 Å². The van der Waals surface area contributed by atoms with Crippen molar-refractivity contribution in [1.82, 2.24) is 4.72 Å². The number of carbonyl (C=O) groups excluding carboxylic acids is 1. The number of anilines is 2. The first-order valence-electron chi connectivity index (χ1n) is 11.9. The van der Waals surface area contributed by atoms with E-state index in [9.17, 15) is 26.0 Å². The zero-order valence-electron chi connectivity index (χ0n) is 21.8. The number of sulfonamides is 2. The fourth-order valence-electron chi connectivity index (χ4n) is 3.57. The van der Waals surface area contributed by atoms with Crippen molar-refractivity contribution in [1.29, 1.82) is 0 Å². The number of benzene rings is 3. The SMILES string of the molecule is CCOc1ccc(N(CC(=O)Nc2cc(S(=O)(=O)NC(C)C)ccc2OC)S(=O)(=O)c2ccc(F)cc2)cc1. The first kappa shape index (κ1) is 29.9. The van der Waals surface area contributed by atoms with E-state index in [2.05, 4.69) is 10.0 Å². The summed E-state index contributed by atoms with van der Waals surface area (Å²) in [5.41, 5.74) is 0.183. The molecule has 0 aliphatic heterocycles. The minimum atomic E-state index is -4.32. The first-order valence-corrected chi connectivity index (χ1v) is 14.8. The van der Waals surface area contributed by atoms with Crippen LogP contribution in [0, 0.1) is 5.82 Å². The molecule has 3 rings (SSSR count). The monoisotopic (exact) mass is 579 g/mol. The van der Waals surface area contributed by atoms with Gasteiger partial charge in [-0.25, -0.2) is 25.9 Å². The van der Waals surface area contributed by atoms with Gasteiger partial charge in [0.15, 0.2) is 0 Å². The highest BCUT2D eigenvalue weighted by molar-refractivity contribution is 7.92. The summed E-state index contributed by atoms with van der Waals surface area (Å²) in [5, 5.41) is 2.54. The molecule has 0 bridgehead atoms. The molecule has 2 N–H and O–H groups in total. The van der Waals surface area contributed by atoms with Gasteiger partial charge >= 0.3 is 0 Å². The maximum Gasteiger partial charge on any atom is 0.264 e. The Hall–Kier alpha value is -3.68. The van der Waals surface area contributed by atoms with Crippen LogP contribution in [-0.4, -0.2) is 49.0 Å². The molecule has 3 aromatic carbocycles. The molecule has 0 aliphatic carbocycles. The number of nitrogens with one attached hydrogen (secondary N) is 2. The Bertz CT molecular complexity index is 1510. The van der Waals surface area contributed by atoms with Crippen molar-refractivity contribution in [2.24, 2.45) is 0 Å². The van der Waals surface area contributed by atoms with Gasteiger partial charge in [0, 0.05) is 6.04 Å². The van der Waals surface area contributed by atoms with Crippen molar-refractivity contribution in [3.05, 3.63) is 72.5 Å². The molecule has 3 aromatic rings. The Labute approximate surface area is 227 Å². The number of methoxy groups -OCH3 is 1. The lowest BCUT2D eigenvalue weighted by Crippen LogP contribution is -2.38. The van der Waals surface area contributed by atoms with Gasteiger partial charge < -0.3 is 14.8 Å². The minimum Gasteiger partial charge on any atom is -0.495 e. The van der Waals surface area contributed by atoms with Crippen LogP contribution in [0.15, 0.2) is 76.5 Å². The van der Waals surface area contributed by atoms with Crippen LogP contribution in [0.3, 0.4) is 0 Å². The maximum atomic E-state index is 13.5. The Morgan fingerprint density at radius 2 is 1.56 bits per heavy atom. The number of nitrogens with zero attached hydrogens (tertiary/aromatic N) is 1. The second-order valence-electron chi connectivity index (χ2n) is 8.58. The van der Waals surface area contributed by atoms with E-state index in [4.69, 9.17) is 9.47 Å². The lowest BCUT2D eigenvalue weighted by atomic mass is 10.2. The summed E-state index contributed by atoms with van der Waals surface area (Å²) < 4.78 is 79.8. The van der Waals surface area contributed by atoms with Crippen LogP contribution < -0.4 is 23.8 Å². The Morgan fingerprint density at radius 1 is 0.949 bits per heavy atom. The fourth-order valence-corrected chi connectivity index (χ4v) is 6.27. The van der Waals surface area contributed by atoms with Crippen LogP contribution >= 0.6 is 0 Å². The number of ether oxygens (including phenoxy) is 2. The molecule has 0 heterocycles. The van der Waals surface area contributed by atoms with Gasteiger partial charge in [-0.2, -0.15) is 0 Å². The van der Waals surface area contributed by atoms with Gasteiger partial charge in [-0.3, -0.25) is 9.10 Å². The lowest BCUT2D eigenvalue weighted by Gasteiger charge is -2.24. The van der Waals surface area contributed by atoms with Crippen LogP contribution in [0.5, 0.6) is 11.5 Å². The summed E-state index contributed by atoms with van der Waals surface area (Å²) in [6.07, 6.45) is 0. The second-order valence-corrected chi connectivity index (χ2v) is 12.2. The van der Waals surface area contributed by atoms with Crippen molar-refractivity contribution in [2.45, 2.75) is 36.6 Å². The molecule has 39 heavy (non-hydrogen) atoms. The Balaban J connectivity index is 1.97. The van der Waals surface area contributed by atoms with E-state index in [1.807, 2.05) is 0 Å². The highest BCUT2D eigenvalue weighted by Crippen LogP contribution is 2.29. The van der Waals surface area contributed by atoms with E-state index in [0.29, 0.717) is 12.4 Å². The second kappa shape index (κ2) is 12.5. The normalized spacial score (nSPS) is 11.7. The van der Waals surface area contributed by atoms with Crippen LogP contribution in [0.4, 0.5) is 15.8 Å². The first-order chi connectivity index (χ1) is 18.4. The predicted molar refractivity (Wildman–Crippen MR) is 146 cm³/mol. The average molecular weight is 580 g/mol. The van der Waals surface area contributed by atoms with Crippen LogP contribution in [-0.2, 0) is 24.8 Å². The quantitative estimate of drug-likeness (QED) is 0.334. The number of rotatable bonds is 12. The smallest absolute Gasteiger partial charge is 0.264 e. The van der Waals surface area contributed by atoms with E-state index in [1.54, 1.807) is 32.9 Å². The maximum absolute atomic E-state index is 13.5. The van der Waals surface area contributed by atoms with E-state index in [0.717, 1.165) is 28.6 Å². The minimum absolute atomic E-state index is 0.0277. The molecular formula is C26H30FN3O7S2. The number of carbonyl (C=O) groups is 1. The molecule has 0 aliphatic rings. The van der Waals surface area contributed by atoms with Gasteiger partial charge in [0.25, 0.3) is 10.0 Å². The predicted octanol–water partition coefficient (Wildman–Crippen LogP) is 3.75. The van der Waals surface area contributed by atoms with E-state index in [-0.39, 0.29) is 33.0 Å². The largest absolute Gasteiger partial charge is 0.495 e. The lowest BCUT2D eigenvalue weighted by molar-refractivity contribution is -0.114. The molecule has 0 atom stereocenters. The van der Waals surface area contributed by atoms with E-state index < -0.39 is 38.3 Å². The van der Waals surface area contributed by atoms with Gasteiger partial charge in [0.2, 0.25) is 15.9 Å². The number of hydrogen-bond donors (Lipinski definition) is 2. The molecule has 13 heteroatoms. The zero-order valence-corrected chi connectivity index (χ0v) is 23.5. The van der Waals surface area contributed by atoms with Gasteiger partial charge in [-0.1, -0.05) is 0 Å². The van der Waals surface area contributed by atoms with Gasteiger partial charge in [-0.05, 0) is 87.5 Å². The summed E-state index contributed by atoms with van der Waals surface area (Å²) in [7, 11) is -6.86. The molecule has 0 spiro atoms. The van der Waals surface area contributed by atoms with Crippen LogP contribution in [0.2, 0.25) is 0 Å². The van der Waals surface area contributed by atoms with Gasteiger partial charge in [0.1, 0.15) is 23.9 Å². The molecule has 0 radical (unpaired) electrons. The Kier molecular flexibility index (Phi) is 9.54. The highest BCUT2D eigenvalue weighted by atomic mass is 32.2. The third kappa shape index (κ3) is 7.46. The highest BCUT2D eigenvalue weighted by Gasteiger charge is 2.28. The van der Waals surface area contributed by atoms with Crippen molar-refractivity contribution in [3.8, 4) is 11.5 Å². The molecule has 0 fully saturated rings. The summed E-state index contributed by atoms with van der Waals surface area (Å²) in [5.74, 6) is -0.726. The molecular weight excluding hydrogens is 549 g/mol. The van der Waals surface area contributed by atoms with Crippen molar-refractivity contribution < 1.29 is 35.5 Å². The molecule has 0 saturated carbocycles. The van der Waals surface area contributed by atoms with Gasteiger partial charge in [0.05, 0.1) is 34.9 Å². The number of halogens is 1. The molecule has 0 saturated heterocycles. The van der Waals surface area contributed by atoms with Crippen molar-refractivity contribution in [3.63, 3.8) is 0 Å². The summed E-state index contributed by atoms with van der Waals surface area (Å²) >= 11 is 0. The topological polar surface area (TPSA) is 131 Å². The summed E-state index contributed by atoms with van der Waals surface area (Å²) in [4.78, 5) is 12.8. The molecule has 1 amide bonds. The standard InChI is InChI=1S/C26H30FN3O7S2/c1-5-37-21-10-8-20(9-11-21)30(39(34,35)22-12-6-19(27)7-13-22)17-26(31)28-24-16-23(14-15-25(24)36-4)38(32,33)29-18(2)3/h6-16,18,29H,5,17H2,1-4H3,(H,28,31). The van der Waals surface area contributed by atoms with E-state index >= 15 is 0 Å². The molecule has 0 unspecified atom stereocenters. The Morgan fingerprint density at radius 3 is 2.13 bits per heavy atom. The molecule has 0 aromatic heterocycles. The van der Waals surface area contributed by atoms with Crippen LogP contribution in [0.25, 0.3) is 0 Å². The van der Waals surface area contributed by atoms with Crippen molar-refractivity contribution >= 4 is 37.3 Å². The fraction of sp³-hybridized carbons (Fsp3) is 0.269.